The van der Waals surface area contributed by atoms with Gasteiger partial charge in [-0.3, -0.25) is 9.55 Å². The van der Waals surface area contributed by atoms with Crippen LogP contribution in [0.15, 0.2) is 48.7 Å². The Bertz CT molecular complexity index is 1390. The molecular formula is C23H24N4O5S. The number of hydrogen-bond acceptors (Lipinski definition) is 8. The van der Waals surface area contributed by atoms with Crippen molar-refractivity contribution >= 4 is 21.0 Å². The number of fused-ring (bicyclic) bond motifs is 1. The maximum Gasteiger partial charge on any atom is 0.213 e. The highest BCUT2D eigenvalue weighted by atomic mass is 32.2. The van der Waals surface area contributed by atoms with Gasteiger partial charge in [-0.05, 0) is 31.2 Å². The topological polar surface area (TPSA) is 105 Å². The van der Waals surface area contributed by atoms with E-state index >= 15 is 0 Å². The second kappa shape index (κ2) is 9.07. The third-order valence-corrected chi connectivity index (χ3v) is 5.69. The van der Waals surface area contributed by atoms with Gasteiger partial charge in [-0.2, -0.15) is 0 Å². The first kappa shape index (κ1) is 22.5. The van der Waals surface area contributed by atoms with Crippen molar-refractivity contribution in [3.05, 3.63) is 54.4 Å². The highest BCUT2D eigenvalue weighted by Gasteiger charge is 2.23. The molecule has 0 spiro atoms. The number of para-hydroxylation sites is 1. The number of aromatic nitrogens is 4. The van der Waals surface area contributed by atoms with E-state index in [1.54, 1.807) is 20.3 Å². The number of ether oxygens (including phenoxy) is 3. The lowest BCUT2D eigenvalue weighted by molar-refractivity contribution is 0.327. The van der Waals surface area contributed by atoms with Gasteiger partial charge >= 0.3 is 0 Å². The molecule has 9 nitrogen and oxygen atoms in total. The Hall–Kier alpha value is -3.66. The summed E-state index contributed by atoms with van der Waals surface area (Å²) in [5.41, 5.74) is 3.25. The Kier molecular flexibility index (Phi) is 6.19. The predicted molar refractivity (Wildman–Crippen MR) is 125 cm³/mol. The summed E-state index contributed by atoms with van der Waals surface area (Å²) < 4.78 is 42.4. The number of pyridine rings is 1. The van der Waals surface area contributed by atoms with E-state index in [0.717, 1.165) is 6.26 Å². The second-order valence-corrected chi connectivity index (χ2v) is 9.45. The lowest BCUT2D eigenvalue weighted by Crippen LogP contribution is -2.07. The van der Waals surface area contributed by atoms with Gasteiger partial charge in [0.25, 0.3) is 0 Å². The summed E-state index contributed by atoms with van der Waals surface area (Å²) in [4.78, 5) is 13.8. The summed E-state index contributed by atoms with van der Waals surface area (Å²) in [6.45, 7) is 2.37. The fourth-order valence-electron chi connectivity index (χ4n) is 3.59. The Morgan fingerprint density at radius 2 is 1.70 bits per heavy atom. The summed E-state index contributed by atoms with van der Waals surface area (Å²) in [6.07, 6.45) is 2.64. The van der Waals surface area contributed by atoms with E-state index in [1.165, 1.54) is 6.20 Å². The molecular weight excluding hydrogens is 444 g/mol. The number of benzene rings is 1. The molecule has 0 bridgehead atoms. The average molecular weight is 469 g/mol. The van der Waals surface area contributed by atoms with Gasteiger partial charge in [0.2, 0.25) is 5.88 Å². The number of nitrogens with zero attached hydrogens (tertiary/aromatic N) is 4. The Morgan fingerprint density at radius 1 is 1.00 bits per heavy atom. The number of rotatable bonds is 8. The van der Waals surface area contributed by atoms with Crippen molar-refractivity contribution in [3.8, 4) is 34.5 Å². The zero-order valence-electron chi connectivity index (χ0n) is 18.8. The lowest BCUT2D eigenvalue weighted by Gasteiger charge is -2.17. The highest BCUT2D eigenvalue weighted by molar-refractivity contribution is 7.89. The van der Waals surface area contributed by atoms with Crippen molar-refractivity contribution in [2.75, 3.05) is 27.1 Å². The minimum atomic E-state index is -3.30. The van der Waals surface area contributed by atoms with Crippen LogP contribution in [0.1, 0.15) is 12.6 Å². The van der Waals surface area contributed by atoms with Crippen LogP contribution >= 0.6 is 0 Å². The molecule has 33 heavy (non-hydrogen) atoms. The van der Waals surface area contributed by atoms with Gasteiger partial charge in [0.15, 0.2) is 15.5 Å². The molecule has 3 aromatic heterocycles. The normalized spacial score (nSPS) is 11.5. The van der Waals surface area contributed by atoms with Gasteiger partial charge in [0, 0.05) is 12.3 Å². The van der Waals surface area contributed by atoms with Gasteiger partial charge in [-0.25, -0.2) is 18.4 Å². The molecule has 0 amide bonds. The van der Waals surface area contributed by atoms with E-state index in [4.69, 9.17) is 14.2 Å². The van der Waals surface area contributed by atoms with E-state index in [0.29, 0.717) is 57.9 Å². The van der Waals surface area contributed by atoms with Crippen LogP contribution in [0.2, 0.25) is 0 Å². The Balaban J connectivity index is 2.06. The van der Waals surface area contributed by atoms with E-state index in [9.17, 15) is 8.42 Å². The summed E-state index contributed by atoms with van der Waals surface area (Å²) in [5.74, 6) is 1.35. The van der Waals surface area contributed by atoms with Crippen molar-refractivity contribution in [2.24, 2.45) is 0 Å². The number of sulfone groups is 1. The van der Waals surface area contributed by atoms with Crippen molar-refractivity contribution in [1.82, 2.24) is 19.5 Å². The molecule has 4 aromatic rings. The number of hydrogen-bond donors (Lipinski definition) is 0. The molecule has 0 radical (unpaired) electrons. The smallest absolute Gasteiger partial charge is 0.213 e. The van der Waals surface area contributed by atoms with E-state index < -0.39 is 9.84 Å². The molecule has 0 unspecified atom stereocenters. The van der Waals surface area contributed by atoms with Crippen molar-refractivity contribution in [2.45, 2.75) is 12.7 Å². The molecule has 0 aliphatic heterocycles. The average Bonchev–Trinajstić information content (AvgIpc) is 3.16. The molecule has 0 N–H and O–H groups in total. The minimum absolute atomic E-state index is 0.225. The summed E-state index contributed by atoms with van der Waals surface area (Å²) in [7, 11) is -0.161. The molecule has 172 valence electrons. The van der Waals surface area contributed by atoms with Gasteiger partial charge in [0.1, 0.15) is 22.7 Å². The highest BCUT2D eigenvalue weighted by Crippen LogP contribution is 2.39. The fourth-order valence-corrected chi connectivity index (χ4v) is 4.27. The van der Waals surface area contributed by atoms with Gasteiger partial charge < -0.3 is 14.2 Å². The van der Waals surface area contributed by atoms with Crippen molar-refractivity contribution in [1.29, 1.82) is 0 Å². The van der Waals surface area contributed by atoms with Gasteiger partial charge in [-0.1, -0.05) is 12.1 Å². The van der Waals surface area contributed by atoms with Gasteiger partial charge in [-0.15, -0.1) is 0 Å². The Morgan fingerprint density at radius 3 is 2.33 bits per heavy atom. The summed E-state index contributed by atoms with van der Waals surface area (Å²) in [6, 6.07) is 12.8. The molecule has 0 aliphatic carbocycles. The maximum atomic E-state index is 11.9. The van der Waals surface area contributed by atoms with Crippen molar-refractivity contribution in [3.63, 3.8) is 0 Å². The van der Waals surface area contributed by atoms with E-state index in [1.807, 2.05) is 47.9 Å². The van der Waals surface area contributed by atoms with Crippen LogP contribution in [0.5, 0.6) is 17.4 Å². The van der Waals surface area contributed by atoms with E-state index in [-0.39, 0.29) is 5.75 Å². The molecule has 1 aromatic carbocycles. The lowest BCUT2D eigenvalue weighted by atomic mass is 10.2. The fraction of sp³-hybridized carbons (Fsp3) is 0.261. The van der Waals surface area contributed by atoms with Crippen LogP contribution in [-0.2, 0) is 15.6 Å². The van der Waals surface area contributed by atoms with Crippen LogP contribution < -0.4 is 14.2 Å². The molecule has 10 heteroatoms. The zero-order valence-corrected chi connectivity index (χ0v) is 19.6. The predicted octanol–water partition coefficient (Wildman–Crippen LogP) is 3.44. The van der Waals surface area contributed by atoms with Gasteiger partial charge in [0.05, 0.1) is 49.9 Å². The first-order valence-corrected chi connectivity index (χ1v) is 12.3. The zero-order chi connectivity index (χ0) is 23.6. The van der Waals surface area contributed by atoms with Crippen LogP contribution in [0.4, 0.5) is 0 Å². The minimum Gasteiger partial charge on any atom is -0.494 e. The third-order valence-electron chi connectivity index (χ3n) is 4.87. The molecule has 0 aliphatic rings. The Labute approximate surface area is 191 Å². The summed E-state index contributed by atoms with van der Waals surface area (Å²) in [5, 5.41) is 0. The first-order chi connectivity index (χ1) is 15.8. The monoisotopic (exact) mass is 468 g/mol. The van der Waals surface area contributed by atoms with Crippen LogP contribution in [0.3, 0.4) is 0 Å². The maximum absolute atomic E-state index is 11.9. The van der Waals surface area contributed by atoms with Crippen LogP contribution in [-0.4, -0.2) is 55.0 Å². The number of methoxy groups -OCH3 is 2. The summed E-state index contributed by atoms with van der Waals surface area (Å²) >= 11 is 0. The molecule has 0 atom stereocenters. The third kappa shape index (κ3) is 4.61. The molecule has 0 fully saturated rings. The quantitative estimate of drug-likeness (QED) is 0.387. The molecule has 0 saturated carbocycles. The van der Waals surface area contributed by atoms with Crippen LogP contribution in [0.25, 0.3) is 28.2 Å². The standard InChI is InChI=1S/C23H24N4O5S/c1-5-32-21-11-6-8-16(26-21)18-12-17-23(25-15(13-24-17)14-33(4,28)29)27(18)22-19(30-2)9-7-10-20(22)31-3/h6-13H,5,14H2,1-4H3. The molecule has 4 rings (SSSR count). The second-order valence-electron chi connectivity index (χ2n) is 7.31. The molecule has 0 saturated heterocycles. The molecule has 3 heterocycles. The SMILES string of the molecule is CCOc1cccc(-c2cc3ncc(CS(C)(=O)=O)nc3n2-c2c(OC)cccc2OC)n1. The van der Waals surface area contributed by atoms with Crippen LogP contribution in [0, 0.1) is 0 Å². The first-order valence-electron chi connectivity index (χ1n) is 10.2. The largest absolute Gasteiger partial charge is 0.494 e. The van der Waals surface area contributed by atoms with E-state index in [2.05, 4.69) is 15.0 Å². The van der Waals surface area contributed by atoms with Crippen molar-refractivity contribution < 1.29 is 22.6 Å².